The van der Waals surface area contributed by atoms with Gasteiger partial charge in [-0.15, -0.1) is 0 Å². The van der Waals surface area contributed by atoms with E-state index in [1.165, 1.54) is 4.57 Å². The van der Waals surface area contributed by atoms with Crippen molar-refractivity contribution in [1.29, 1.82) is 0 Å². The maximum absolute atomic E-state index is 12.2. The Morgan fingerprint density at radius 2 is 1.96 bits per heavy atom. The topological polar surface area (TPSA) is 70.0 Å². The first kappa shape index (κ1) is 17.6. The van der Waals surface area contributed by atoms with Gasteiger partial charge in [0.2, 0.25) is 0 Å². The number of alkyl halides is 3. The third-order valence-electron chi connectivity index (χ3n) is 3.20. The first-order valence-corrected chi connectivity index (χ1v) is 7.82. The van der Waals surface area contributed by atoms with Gasteiger partial charge in [0.05, 0.1) is 11.4 Å². The third kappa shape index (κ3) is 4.88. The predicted molar refractivity (Wildman–Crippen MR) is 77.2 cm³/mol. The van der Waals surface area contributed by atoms with Gasteiger partial charge in [-0.25, -0.2) is 4.98 Å². The van der Waals surface area contributed by atoms with Gasteiger partial charge in [-0.2, -0.15) is 13.2 Å². The summed E-state index contributed by atoms with van der Waals surface area (Å²) in [4.78, 5) is 4.41. The zero-order chi connectivity index (χ0) is 17.0. The molecule has 0 saturated heterocycles. The lowest BCUT2D eigenvalue weighted by atomic mass is 10.4. The highest BCUT2D eigenvalue weighted by Gasteiger charge is 2.31. The maximum Gasteiger partial charge on any atom is 0.406 e. The van der Waals surface area contributed by atoms with Crippen LogP contribution in [-0.4, -0.2) is 24.5 Å². The zero-order valence-electron chi connectivity index (χ0n) is 12.3. The fourth-order valence-electron chi connectivity index (χ4n) is 2.23. The van der Waals surface area contributed by atoms with Crippen LogP contribution < -0.4 is 5.32 Å². The number of aromatic nitrogens is 2. The van der Waals surface area contributed by atoms with E-state index < -0.39 is 23.8 Å². The monoisotopic (exact) mass is 346 g/mol. The van der Waals surface area contributed by atoms with Crippen molar-refractivity contribution < 1.29 is 21.9 Å². The van der Waals surface area contributed by atoms with Crippen LogP contribution in [0, 0.1) is 6.92 Å². The molecule has 1 aliphatic heterocycles. The van der Waals surface area contributed by atoms with Crippen molar-refractivity contribution in [3.8, 4) is 0 Å². The van der Waals surface area contributed by atoms with Gasteiger partial charge in [0.1, 0.15) is 12.4 Å². The molecule has 0 fully saturated rings. The van der Waals surface area contributed by atoms with Gasteiger partial charge in [-0.05, 0) is 30.1 Å². The minimum Gasteiger partial charge on any atom is -0.768 e. The van der Waals surface area contributed by atoms with Gasteiger partial charge in [0.15, 0.2) is 0 Å². The van der Waals surface area contributed by atoms with Gasteiger partial charge in [0.25, 0.3) is 0 Å². The minimum atomic E-state index is -4.18. The molecule has 23 heavy (non-hydrogen) atoms. The summed E-state index contributed by atoms with van der Waals surface area (Å²) in [5.74, 6) is 0.439. The highest BCUT2D eigenvalue weighted by molar-refractivity contribution is 7.79. The Kier molecular flexibility index (Phi) is 5.55. The maximum atomic E-state index is 12.2. The highest BCUT2D eigenvalue weighted by atomic mass is 32.2. The fraction of sp³-hybridized carbons (Fsp3) is 0.357. The number of rotatable bonds is 2. The van der Waals surface area contributed by atoms with E-state index in [2.05, 4.69) is 10.3 Å². The van der Waals surface area contributed by atoms with Crippen molar-refractivity contribution in [2.75, 3.05) is 0 Å². The molecule has 1 unspecified atom stereocenters. The first-order valence-electron chi connectivity index (χ1n) is 6.74. The van der Waals surface area contributed by atoms with Crippen LogP contribution in [0.2, 0.25) is 0 Å². The van der Waals surface area contributed by atoms with Crippen LogP contribution in [0.5, 0.6) is 0 Å². The summed E-state index contributed by atoms with van der Waals surface area (Å²) >= 11 is -2.08. The molecule has 0 bridgehead atoms. The molecule has 1 N–H and O–H groups in total. The molecular weight excluding hydrogens is 331 g/mol. The molecule has 3 rings (SSSR count). The summed E-state index contributed by atoms with van der Waals surface area (Å²) in [5.41, 5.74) is 1.41. The summed E-state index contributed by atoms with van der Waals surface area (Å²) in [7, 11) is 0. The Morgan fingerprint density at radius 3 is 2.48 bits per heavy atom. The lowest BCUT2D eigenvalue weighted by Crippen LogP contribution is -2.21. The summed E-state index contributed by atoms with van der Waals surface area (Å²) in [6.07, 6.45) is -4.18. The summed E-state index contributed by atoms with van der Waals surface area (Å²) in [6.45, 7) is 1.71. The van der Waals surface area contributed by atoms with Crippen LogP contribution in [0.25, 0.3) is 0 Å². The molecular formula is C14H15F3N3O2S-. The Balaban J connectivity index is 0.000000185. The number of aryl methyl sites for hydroxylation is 1. The van der Waals surface area contributed by atoms with E-state index in [0.29, 0.717) is 29.5 Å². The quantitative estimate of drug-likeness (QED) is 0.847. The number of benzene rings is 1. The largest absolute Gasteiger partial charge is 0.768 e. The highest BCUT2D eigenvalue weighted by Crippen LogP contribution is 2.23. The third-order valence-corrected chi connectivity index (χ3v) is 3.86. The standard InChI is InChI=1S/C8H10F3N3.C6H6O2S/c1-5-13-6-2-12-3-7(6)14(5)4-8(9,10)11;7-9(8)6-4-2-1-3-5-6/h12H,2-4H2,1H3;1-5H,(H,7,8)/p-1. The van der Waals surface area contributed by atoms with E-state index in [0.717, 1.165) is 5.69 Å². The average molecular weight is 346 g/mol. The van der Waals surface area contributed by atoms with Crippen LogP contribution in [0.15, 0.2) is 35.2 Å². The van der Waals surface area contributed by atoms with Crippen molar-refractivity contribution in [3.63, 3.8) is 0 Å². The molecule has 0 spiro atoms. The van der Waals surface area contributed by atoms with Crippen molar-refractivity contribution in [2.45, 2.75) is 37.6 Å². The summed E-state index contributed by atoms with van der Waals surface area (Å²) in [6, 6.07) is 8.23. The molecule has 9 heteroatoms. The van der Waals surface area contributed by atoms with Crippen LogP contribution in [0.4, 0.5) is 13.2 Å². The summed E-state index contributed by atoms with van der Waals surface area (Å²) in [5, 5.41) is 2.97. The number of hydrogen-bond acceptors (Lipinski definition) is 4. The SMILES string of the molecule is Cc1nc2c(n1CC(F)(F)F)CNC2.O=S([O-])c1ccccc1. The predicted octanol–water partition coefficient (Wildman–Crippen LogP) is 2.28. The Morgan fingerprint density at radius 1 is 1.30 bits per heavy atom. The lowest BCUT2D eigenvalue weighted by molar-refractivity contribution is -0.141. The number of nitrogens with one attached hydrogen (secondary N) is 1. The molecule has 5 nitrogen and oxygen atoms in total. The normalized spacial score (nSPS) is 14.8. The Labute approximate surface area is 133 Å². The molecule has 1 atom stereocenters. The van der Waals surface area contributed by atoms with E-state index >= 15 is 0 Å². The van der Waals surface area contributed by atoms with Crippen molar-refractivity contribution >= 4 is 11.1 Å². The average Bonchev–Trinajstić information content (AvgIpc) is 3.03. The second kappa shape index (κ2) is 7.24. The van der Waals surface area contributed by atoms with Gasteiger partial charge in [-0.3, -0.25) is 4.21 Å². The van der Waals surface area contributed by atoms with E-state index in [1.54, 1.807) is 37.3 Å². The molecule has 2 heterocycles. The molecule has 1 aliphatic rings. The van der Waals surface area contributed by atoms with Crippen molar-refractivity contribution in [2.24, 2.45) is 0 Å². The number of fused-ring (bicyclic) bond motifs is 1. The van der Waals surface area contributed by atoms with Crippen LogP contribution in [0.3, 0.4) is 0 Å². The van der Waals surface area contributed by atoms with E-state index in [4.69, 9.17) is 0 Å². The molecule has 0 aliphatic carbocycles. The van der Waals surface area contributed by atoms with E-state index in [-0.39, 0.29) is 0 Å². The van der Waals surface area contributed by atoms with Gasteiger partial charge < -0.3 is 14.4 Å². The van der Waals surface area contributed by atoms with Crippen molar-refractivity contribution in [3.05, 3.63) is 47.5 Å². The molecule has 1 aromatic carbocycles. The summed E-state index contributed by atoms with van der Waals surface area (Å²) < 4.78 is 58.2. The number of hydrogen-bond donors (Lipinski definition) is 1. The van der Waals surface area contributed by atoms with Crippen LogP contribution in [0.1, 0.15) is 17.2 Å². The molecule has 0 radical (unpaired) electrons. The van der Waals surface area contributed by atoms with Gasteiger partial charge in [-0.1, -0.05) is 18.2 Å². The lowest BCUT2D eigenvalue weighted by Gasteiger charge is -2.11. The van der Waals surface area contributed by atoms with Crippen LogP contribution in [-0.2, 0) is 30.7 Å². The molecule has 2 aromatic rings. The van der Waals surface area contributed by atoms with Crippen LogP contribution >= 0.6 is 0 Å². The molecule has 1 aromatic heterocycles. The Hall–Kier alpha value is -1.71. The zero-order valence-corrected chi connectivity index (χ0v) is 13.1. The van der Waals surface area contributed by atoms with Gasteiger partial charge >= 0.3 is 6.18 Å². The minimum absolute atomic E-state index is 0.331. The Bertz CT molecular complexity index is 687. The number of halogens is 3. The van der Waals surface area contributed by atoms with Gasteiger partial charge in [0, 0.05) is 18.0 Å². The second-order valence-electron chi connectivity index (χ2n) is 4.91. The molecule has 126 valence electrons. The number of nitrogens with zero attached hydrogens (tertiary/aromatic N) is 2. The van der Waals surface area contributed by atoms with E-state index in [9.17, 15) is 21.9 Å². The van der Waals surface area contributed by atoms with Crippen molar-refractivity contribution in [1.82, 2.24) is 14.9 Å². The first-order chi connectivity index (χ1) is 10.8. The molecule has 0 amide bonds. The molecule has 0 saturated carbocycles. The second-order valence-corrected chi connectivity index (χ2v) is 5.85. The smallest absolute Gasteiger partial charge is 0.406 e. The number of imidazole rings is 1. The van der Waals surface area contributed by atoms with E-state index in [1.807, 2.05) is 0 Å². The fourth-order valence-corrected chi connectivity index (χ4v) is 2.61.